The Bertz CT molecular complexity index is 0. The van der Waals surface area contributed by atoms with Gasteiger partial charge in [0.2, 0.25) is 0 Å². The quantitative estimate of drug-likeness (QED) is 0.345. The number of hydrogen-bond donors (Lipinski definition) is 0. The highest BCUT2D eigenvalue weighted by atomic mass is 12.0. The van der Waals surface area contributed by atoms with Crippen molar-refractivity contribution in [3.63, 3.8) is 0 Å². The van der Waals surface area contributed by atoms with Gasteiger partial charge in [-0.15, -0.1) is 0 Å². The van der Waals surface area contributed by atoms with E-state index < -0.39 is 0 Å². The van der Waals surface area contributed by atoms with E-state index in [1.54, 1.807) is 0 Å². The number of rotatable bonds is 0. The first-order valence-electron chi connectivity index (χ1n) is 0. The lowest BCUT2D eigenvalue weighted by Crippen LogP contribution is 0.143. The van der Waals surface area contributed by atoms with Crippen molar-refractivity contribution in [3.05, 3.63) is 0 Å². The molecule has 0 saturated heterocycles. The van der Waals surface area contributed by atoms with E-state index >= 15 is 0 Å². The summed E-state index contributed by atoms with van der Waals surface area (Å²) < 4.78 is 0. The van der Waals surface area contributed by atoms with Crippen molar-refractivity contribution in [3.8, 4) is 0 Å². The molecule has 0 aromatic rings. The van der Waals surface area contributed by atoms with Crippen LogP contribution in [0.4, 0.5) is 0 Å². The zero-order valence-electron chi connectivity index (χ0n) is 0. The van der Waals surface area contributed by atoms with Gasteiger partial charge in [-0.1, -0.05) is 208 Å². The Labute approximate surface area is 208 Å². The molecule has 0 N–H and O–H groups in total. The third kappa shape index (κ3) is 0. The fourth-order valence-electron chi connectivity index (χ4n) is 0. The van der Waals surface area contributed by atoms with Gasteiger partial charge in [0.15, 0.2) is 0 Å². The van der Waals surface area contributed by atoms with E-state index in [1.165, 1.54) is 0 Å². The van der Waals surface area contributed by atoms with Crippen LogP contribution in [0.3, 0.4) is 0 Å². The topological polar surface area (TPSA) is 0 Å². The van der Waals surface area contributed by atoms with Crippen molar-refractivity contribution in [2.24, 2.45) is 0 Å². The van der Waals surface area contributed by atoms with Crippen LogP contribution >= 0.6 is 0 Å². The minimum absolute atomic E-state index is 0. The Kier molecular flexibility index (Phi) is 0. The lowest BCUT2D eigenvalue weighted by molar-refractivity contribution is 2.50. The molecular formula is C28H112. The molecule has 0 radical (unpaired) electrons. The molecule has 0 aliphatic heterocycles. The molecule has 0 nitrogen and oxygen atoms in total. The lowest BCUT2D eigenvalue weighted by Gasteiger charge is -0.0786. The van der Waals surface area contributed by atoms with E-state index in [0.717, 1.165) is 0 Å². The molecule has 0 saturated carbocycles. The van der Waals surface area contributed by atoms with Crippen LogP contribution in [0.5, 0.6) is 0 Å². The van der Waals surface area contributed by atoms with Gasteiger partial charge in [-0.2, -0.15) is 0 Å². The smallest absolute Gasteiger partial charge is 0.0776 e. The summed E-state index contributed by atoms with van der Waals surface area (Å²) in [5.74, 6) is 0. The van der Waals surface area contributed by atoms with Crippen LogP contribution < -0.4 is 0 Å². The first kappa shape index (κ1) is 0. The highest BCUT2D eigenvalue weighted by Gasteiger charge is -0.0506. The average Bonchev–Trinajstić information content (AvgIpc) is 0. The summed E-state index contributed by atoms with van der Waals surface area (Å²) in [5.41, 5.74) is 0. The van der Waals surface area contributed by atoms with Gasteiger partial charge < -0.3 is 0 Å². The Morgan fingerprint density at radius 2 is 0.0357 bits per heavy atom. The maximum Gasteiger partial charge on any atom is -0.0776 e. The summed E-state index contributed by atoms with van der Waals surface area (Å²) in [7, 11) is 0. The van der Waals surface area contributed by atoms with Gasteiger partial charge in [0.1, 0.15) is 0 Å². The van der Waals surface area contributed by atoms with E-state index in [2.05, 4.69) is 0 Å². The van der Waals surface area contributed by atoms with Crippen molar-refractivity contribution in [1.29, 1.82) is 0 Å². The first-order valence-corrected chi connectivity index (χ1v) is 0. The zero-order chi connectivity index (χ0) is 0. The van der Waals surface area contributed by atoms with Crippen LogP contribution in [0.1, 0.15) is 208 Å². The molecule has 0 heterocycles. The molecule has 0 heteroatoms. The molecule has 28 heavy (non-hydrogen) atoms. The van der Waals surface area contributed by atoms with Gasteiger partial charge in [0.25, 0.3) is 0 Å². The van der Waals surface area contributed by atoms with Crippen molar-refractivity contribution < 1.29 is 0 Å². The largest absolute Gasteiger partial charge is 0.0776 e. The molecule has 0 rings (SSSR count). The maximum absolute atomic E-state index is 0. The molecule has 0 fully saturated rings. The second-order valence-corrected chi connectivity index (χ2v) is 0. The van der Waals surface area contributed by atoms with Crippen LogP contribution in [-0.2, 0) is 0 Å². The summed E-state index contributed by atoms with van der Waals surface area (Å²) >= 11 is 0. The molecule has 0 aromatic heterocycles. The number of hydrogen-bond acceptors (Lipinski definition) is 0. The van der Waals surface area contributed by atoms with Gasteiger partial charge >= 0.3 is 0 Å². The molecule has 0 aliphatic carbocycles. The molecular weight excluding hydrogens is 336 g/mol. The highest BCUT2D eigenvalue weighted by Crippen LogP contribution is 0.171. The fourth-order valence-corrected chi connectivity index (χ4v) is 0. The molecule has 0 aliphatic rings. The van der Waals surface area contributed by atoms with Gasteiger partial charge in [-0.3, -0.25) is 0 Å². The molecule has 224 valence electrons. The van der Waals surface area contributed by atoms with Crippen molar-refractivity contribution in [2.75, 3.05) is 0 Å². The summed E-state index contributed by atoms with van der Waals surface area (Å²) in [4.78, 5) is 0. The summed E-state index contributed by atoms with van der Waals surface area (Å²) in [6.45, 7) is 0. The van der Waals surface area contributed by atoms with Crippen LogP contribution in [0.25, 0.3) is 0 Å². The van der Waals surface area contributed by atoms with Gasteiger partial charge in [-0.05, 0) is 0 Å². The molecule has 0 bridgehead atoms. The summed E-state index contributed by atoms with van der Waals surface area (Å²) in [6, 6.07) is 0. The molecule has 0 unspecified atom stereocenters. The van der Waals surface area contributed by atoms with Crippen molar-refractivity contribution >= 4 is 0 Å². The molecule has 0 amide bonds. The average molecular weight is 449 g/mol. The highest BCUT2D eigenvalue weighted by molar-refractivity contribution is 2.53. The summed E-state index contributed by atoms with van der Waals surface area (Å²) in [5, 5.41) is 0. The second-order valence-electron chi connectivity index (χ2n) is 0. The second kappa shape index (κ2) is 0. The zero-order valence-corrected chi connectivity index (χ0v) is 0. The molecule has 0 atom stereocenters. The maximum atomic E-state index is 0. The minimum Gasteiger partial charge on any atom is -0.0776 e. The van der Waals surface area contributed by atoms with Crippen LogP contribution in [-0.4, -0.2) is 0 Å². The Morgan fingerprint density at radius 1 is 0.0357 bits per heavy atom. The van der Waals surface area contributed by atoms with Crippen LogP contribution in [0, 0.1) is 0 Å². The monoisotopic (exact) mass is 449 g/mol. The van der Waals surface area contributed by atoms with E-state index in [0.29, 0.717) is 0 Å². The third-order valence-electron chi connectivity index (χ3n) is 0. The van der Waals surface area contributed by atoms with E-state index in [9.17, 15) is 0 Å². The lowest BCUT2D eigenvalue weighted by atomic mass is 12.0. The van der Waals surface area contributed by atoms with Gasteiger partial charge in [0, 0.05) is 0 Å². The normalized spacial score (nSPS) is 0. The van der Waals surface area contributed by atoms with Crippen molar-refractivity contribution in [2.45, 2.75) is 208 Å². The van der Waals surface area contributed by atoms with E-state index in [4.69, 9.17) is 0 Å². The van der Waals surface area contributed by atoms with Crippen LogP contribution in [0.2, 0.25) is 0 Å². The van der Waals surface area contributed by atoms with Crippen molar-refractivity contribution in [1.82, 2.24) is 0 Å². The predicted molar refractivity (Wildman–Crippen MR) is 188 cm³/mol. The third-order valence-corrected chi connectivity index (χ3v) is 0. The van der Waals surface area contributed by atoms with Gasteiger partial charge in [0.05, 0.1) is 0 Å². The predicted octanol–water partition coefficient (Wildman–Crippen LogP) is 17.8. The fraction of sp³-hybridized carbons (Fsp3) is 1.00. The molecule has 0 aromatic carbocycles. The SMILES string of the molecule is C.C.C.C.C.C.C.C.C.C.C.C.C.C.C.C.C.C.C.C.C.C.C.C.C.C.C.C. The summed E-state index contributed by atoms with van der Waals surface area (Å²) in [6.07, 6.45) is 0. The Balaban J connectivity index is 0. The molecule has 0 spiro atoms. The first-order chi connectivity index (χ1) is 0. The standard InChI is InChI=1S/28CH4/h28*1H4. The minimum atomic E-state index is 0. The Morgan fingerprint density at radius 3 is 0.0357 bits per heavy atom. The Hall–Kier alpha value is 0. The van der Waals surface area contributed by atoms with E-state index in [-0.39, 0.29) is 208 Å². The van der Waals surface area contributed by atoms with Gasteiger partial charge in [-0.25, -0.2) is 0 Å². The van der Waals surface area contributed by atoms with Crippen LogP contribution in [0.15, 0.2) is 0 Å². The van der Waals surface area contributed by atoms with E-state index in [1.807, 2.05) is 0 Å².